The third-order valence-electron chi connectivity index (χ3n) is 1.23. The van der Waals surface area contributed by atoms with Gasteiger partial charge in [0.05, 0.1) is 0 Å². The molecule has 0 saturated heterocycles. The van der Waals surface area contributed by atoms with Crippen LogP contribution < -0.4 is 0 Å². The molecule has 0 aromatic carbocycles. The molecule has 0 unspecified atom stereocenters. The fourth-order valence-corrected chi connectivity index (χ4v) is 0.450. The second-order valence-electron chi connectivity index (χ2n) is 1.85. The Morgan fingerprint density at radius 3 is 2.44 bits per heavy atom. The highest BCUT2D eigenvalue weighted by atomic mass is 15.1. The van der Waals surface area contributed by atoms with E-state index in [9.17, 15) is 0 Å². The number of rotatable bonds is 1. The summed E-state index contributed by atoms with van der Waals surface area (Å²) in [5, 5.41) is 0. The minimum Gasteiger partial charge on any atom is -0.309 e. The van der Waals surface area contributed by atoms with Crippen molar-refractivity contribution < 1.29 is 0 Å². The molecule has 0 atom stereocenters. The number of allylic oxidation sites excluding steroid dienone is 2. The molecule has 0 bridgehead atoms. The van der Waals surface area contributed by atoms with Crippen molar-refractivity contribution in [3.05, 3.63) is 11.8 Å². The first kappa shape index (κ1) is 8.10. The summed E-state index contributed by atoms with van der Waals surface area (Å²) in [7, 11) is 1.95. The minimum absolute atomic E-state index is 1.18. The molecule has 0 radical (unpaired) electrons. The smallest absolute Gasteiger partial charge is 0.0199 e. The molecule has 50 valence electrons. The lowest BCUT2D eigenvalue weighted by Crippen LogP contribution is -2.06. The third kappa shape index (κ3) is 2.81. The van der Waals surface area contributed by atoms with Crippen LogP contribution in [-0.2, 0) is 0 Å². The SMILES string of the molecule is CC#CN(C)/C(C)=C\C. The molecule has 0 spiro atoms. The van der Waals surface area contributed by atoms with Gasteiger partial charge < -0.3 is 4.90 Å². The first-order valence-corrected chi connectivity index (χ1v) is 3.01. The largest absolute Gasteiger partial charge is 0.309 e. The van der Waals surface area contributed by atoms with E-state index in [0.717, 1.165) is 0 Å². The van der Waals surface area contributed by atoms with E-state index < -0.39 is 0 Å². The normalized spacial score (nSPS) is 10.0. The maximum Gasteiger partial charge on any atom is 0.0199 e. The summed E-state index contributed by atoms with van der Waals surface area (Å²) in [6.45, 7) is 5.87. The third-order valence-corrected chi connectivity index (χ3v) is 1.23. The first-order chi connectivity index (χ1) is 4.22. The van der Waals surface area contributed by atoms with Crippen molar-refractivity contribution in [2.45, 2.75) is 20.8 Å². The van der Waals surface area contributed by atoms with Crippen LogP contribution in [0.4, 0.5) is 0 Å². The molecule has 9 heavy (non-hydrogen) atoms. The van der Waals surface area contributed by atoms with E-state index in [4.69, 9.17) is 0 Å². The lowest BCUT2D eigenvalue weighted by Gasteiger charge is -2.09. The number of hydrogen-bond acceptors (Lipinski definition) is 1. The summed E-state index contributed by atoms with van der Waals surface area (Å²) >= 11 is 0. The van der Waals surface area contributed by atoms with Gasteiger partial charge in [-0.2, -0.15) is 0 Å². The Hall–Kier alpha value is -0.900. The summed E-state index contributed by atoms with van der Waals surface area (Å²) in [4.78, 5) is 1.90. The van der Waals surface area contributed by atoms with Gasteiger partial charge in [0.2, 0.25) is 0 Å². The van der Waals surface area contributed by atoms with Gasteiger partial charge in [-0.3, -0.25) is 0 Å². The van der Waals surface area contributed by atoms with Gasteiger partial charge in [-0.25, -0.2) is 0 Å². The van der Waals surface area contributed by atoms with Gasteiger partial charge in [0.15, 0.2) is 0 Å². The Balaban J connectivity index is 3.99. The number of hydrogen-bond donors (Lipinski definition) is 0. The molecule has 0 heterocycles. The maximum atomic E-state index is 2.91. The van der Waals surface area contributed by atoms with Gasteiger partial charge in [-0.05, 0) is 20.8 Å². The number of nitrogens with zero attached hydrogens (tertiary/aromatic N) is 1. The summed E-state index contributed by atoms with van der Waals surface area (Å²) < 4.78 is 0. The van der Waals surface area contributed by atoms with E-state index in [0.29, 0.717) is 0 Å². The van der Waals surface area contributed by atoms with Crippen molar-refractivity contribution in [2.75, 3.05) is 7.05 Å². The Morgan fingerprint density at radius 1 is 1.56 bits per heavy atom. The van der Waals surface area contributed by atoms with Crippen molar-refractivity contribution >= 4 is 0 Å². The van der Waals surface area contributed by atoms with E-state index in [1.165, 1.54) is 5.70 Å². The van der Waals surface area contributed by atoms with Gasteiger partial charge in [-0.15, -0.1) is 0 Å². The summed E-state index contributed by atoms with van der Waals surface area (Å²) in [5.74, 6) is 2.82. The summed E-state index contributed by atoms with van der Waals surface area (Å²) in [5.41, 5.74) is 1.18. The Labute approximate surface area is 57.4 Å². The van der Waals surface area contributed by atoms with Crippen molar-refractivity contribution in [1.29, 1.82) is 0 Å². The van der Waals surface area contributed by atoms with Crippen molar-refractivity contribution in [3.8, 4) is 12.0 Å². The van der Waals surface area contributed by atoms with Crippen LogP contribution in [0.3, 0.4) is 0 Å². The fraction of sp³-hybridized carbons (Fsp3) is 0.500. The van der Waals surface area contributed by atoms with E-state index in [2.05, 4.69) is 12.0 Å². The average Bonchev–Trinajstić information content (AvgIpc) is 1.87. The molecule has 0 aliphatic rings. The highest BCUT2D eigenvalue weighted by Gasteiger charge is 1.88. The Morgan fingerprint density at radius 2 is 2.11 bits per heavy atom. The van der Waals surface area contributed by atoms with Crippen LogP contribution in [0.25, 0.3) is 0 Å². The minimum atomic E-state index is 1.18. The van der Waals surface area contributed by atoms with E-state index in [-0.39, 0.29) is 0 Å². The molecule has 0 N–H and O–H groups in total. The molecule has 0 fully saturated rings. The molecular weight excluding hydrogens is 110 g/mol. The lowest BCUT2D eigenvalue weighted by atomic mass is 10.4. The van der Waals surface area contributed by atoms with Crippen LogP contribution >= 0.6 is 0 Å². The van der Waals surface area contributed by atoms with E-state index in [1.54, 1.807) is 0 Å². The molecule has 0 rings (SSSR count). The van der Waals surface area contributed by atoms with Crippen LogP contribution in [0.15, 0.2) is 11.8 Å². The summed E-state index contributed by atoms with van der Waals surface area (Å²) in [6.07, 6.45) is 2.03. The predicted molar refractivity (Wildman–Crippen MR) is 40.6 cm³/mol. The zero-order chi connectivity index (χ0) is 7.28. The van der Waals surface area contributed by atoms with Crippen molar-refractivity contribution in [1.82, 2.24) is 4.90 Å². The van der Waals surface area contributed by atoms with Crippen molar-refractivity contribution in [3.63, 3.8) is 0 Å². The Kier molecular flexibility index (Phi) is 3.62. The molecule has 0 saturated carbocycles. The van der Waals surface area contributed by atoms with Gasteiger partial charge in [0.1, 0.15) is 0 Å². The topological polar surface area (TPSA) is 3.24 Å². The van der Waals surface area contributed by atoms with Gasteiger partial charge in [-0.1, -0.05) is 12.0 Å². The molecule has 1 nitrogen and oxygen atoms in total. The second-order valence-corrected chi connectivity index (χ2v) is 1.85. The Bertz CT molecular complexity index is 157. The average molecular weight is 123 g/mol. The monoisotopic (exact) mass is 123 g/mol. The van der Waals surface area contributed by atoms with Crippen molar-refractivity contribution in [2.24, 2.45) is 0 Å². The predicted octanol–water partition coefficient (Wildman–Crippen LogP) is 1.82. The summed E-state index contributed by atoms with van der Waals surface area (Å²) in [6, 6.07) is 2.91. The highest BCUT2D eigenvalue weighted by molar-refractivity contribution is 5.06. The van der Waals surface area contributed by atoms with Gasteiger partial charge >= 0.3 is 0 Å². The van der Waals surface area contributed by atoms with Crippen LogP contribution in [0.2, 0.25) is 0 Å². The second kappa shape index (κ2) is 4.03. The van der Waals surface area contributed by atoms with Crippen LogP contribution in [0, 0.1) is 12.0 Å². The van der Waals surface area contributed by atoms with E-state index >= 15 is 0 Å². The molecule has 0 aromatic heterocycles. The maximum absolute atomic E-state index is 2.91. The molecule has 0 aliphatic heterocycles. The van der Waals surface area contributed by atoms with E-state index in [1.807, 2.05) is 38.8 Å². The van der Waals surface area contributed by atoms with Gasteiger partial charge in [0.25, 0.3) is 0 Å². The van der Waals surface area contributed by atoms with Crippen LogP contribution in [0.1, 0.15) is 20.8 Å². The highest BCUT2D eigenvalue weighted by Crippen LogP contribution is 1.95. The standard InChI is InChI=1S/C8H13N/c1-5-7-9(4)8(3)6-2/h6H,1-4H3/b8-6-. The van der Waals surface area contributed by atoms with Crippen LogP contribution in [-0.4, -0.2) is 11.9 Å². The molecular formula is C8H13N. The molecule has 0 aliphatic carbocycles. The zero-order valence-electron chi connectivity index (χ0n) is 6.52. The van der Waals surface area contributed by atoms with Gasteiger partial charge in [0, 0.05) is 18.8 Å². The fourth-order valence-electron chi connectivity index (χ4n) is 0.450. The molecule has 0 amide bonds. The van der Waals surface area contributed by atoms with Crippen LogP contribution in [0.5, 0.6) is 0 Å². The molecule has 1 heteroatoms. The molecule has 0 aromatic rings. The lowest BCUT2D eigenvalue weighted by molar-refractivity contribution is 0.601. The first-order valence-electron chi connectivity index (χ1n) is 3.01. The zero-order valence-corrected chi connectivity index (χ0v) is 6.52. The quantitative estimate of drug-likeness (QED) is 0.380.